The summed E-state index contributed by atoms with van der Waals surface area (Å²) in [5, 5.41) is 13.2. The highest BCUT2D eigenvalue weighted by molar-refractivity contribution is 5.77. The number of carbonyl (C=O) groups is 1. The number of hydrogen-bond donors (Lipinski definition) is 2. The minimum absolute atomic E-state index is 0.103. The second kappa shape index (κ2) is 7.89. The van der Waals surface area contributed by atoms with Gasteiger partial charge >= 0.3 is 0 Å². The van der Waals surface area contributed by atoms with Gasteiger partial charge < -0.3 is 10.4 Å². The maximum atomic E-state index is 11.9. The van der Waals surface area contributed by atoms with Crippen LogP contribution in [0.25, 0.3) is 0 Å². The number of rotatable bonds is 8. The molecule has 0 atom stereocenters. The van der Waals surface area contributed by atoms with Crippen LogP contribution in [0.15, 0.2) is 24.5 Å². The van der Waals surface area contributed by atoms with E-state index in [9.17, 15) is 9.90 Å². The first-order valence-corrected chi connectivity index (χ1v) is 6.97. The molecule has 1 aromatic rings. The minimum Gasteiger partial charge on any atom is -0.389 e. The Morgan fingerprint density at radius 1 is 1.37 bits per heavy atom. The lowest BCUT2D eigenvalue weighted by atomic mass is 9.89. The third-order valence-electron chi connectivity index (χ3n) is 3.13. The first-order valence-electron chi connectivity index (χ1n) is 6.97. The lowest BCUT2D eigenvalue weighted by Crippen LogP contribution is -2.36. The Labute approximate surface area is 115 Å². The van der Waals surface area contributed by atoms with Crippen molar-refractivity contribution in [1.29, 1.82) is 0 Å². The summed E-state index contributed by atoms with van der Waals surface area (Å²) in [4.78, 5) is 15.9. The van der Waals surface area contributed by atoms with Crippen LogP contribution in [0.2, 0.25) is 0 Å². The van der Waals surface area contributed by atoms with E-state index in [4.69, 9.17) is 0 Å². The zero-order chi connectivity index (χ0) is 14.1. The van der Waals surface area contributed by atoms with Gasteiger partial charge in [0.05, 0.1) is 12.0 Å². The molecule has 0 bridgehead atoms. The zero-order valence-corrected chi connectivity index (χ0v) is 11.9. The van der Waals surface area contributed by atoms with Gasteiger partial charge in [-0.05, 0) is 24.5 Å². The highest BCUT2D eigenvalue weighted by Crippen LogP contribution is 2.23. The average molecular weight is 264 g/mol. The van der Waals surface area contributed by atoms with Crippen LogP contribution in [0.5, 0.6) is 0 Å². The molecule has 0 saturated heterocycles. The summed E-state index contributed by atoms with van der Waals surface area (Å²) in [5.41, 5.74) is 0.105. The number of pyridine rings is 1. The average Bonchev–Trinajstić information content (AvgIpc) is 2.38. The summed E-state index contributed by atoms with van der Waals surface area (Å²) >= 11 is 0. The smallest absolute Gasteiger partial charge is 0.223 e. The molecule has 1 heterocycles. The van der Waals surface area contributed by atoms with Crippen molar-refractivity contribution in [2.45, 2.75) is 58.1 Å². The fraction of sp³-hybridized carbons (Fsp3) is 0.600. The zero-order valence-electron chi connectivity index (χ0n) is 11.9. The lowest BCUT2D eigenvalue weighted by Gasteiger charge is -2.26. The molecule has 106 valence electrons. The van der Waals surface area contributed by atoms with Crippen molar-refractivity contribution < 1.29 is 9.90 Å². The summed E-state index contributed by atoms with van der Waals surface area (Å²) in [5.74, 6) is -0.103. The van der Waals surface area contributed by atoms with Gasteiger partial charge in [0.15, 0.2) is 0 Å². The molecule has 0 aliphatic rings. The third-order valence-corrected chi connectivity index (χ3v) is 3.13. The maximum absolute atomic E-state index is 11.9. The van der Waals surface area contributed by atoms with Crippen LogP contribution in [-0.2, 0) is 11.3 Å². The Balaban J connectivity index is 2.44. The van der Waals surface area contributed by atoms with E-state index >= 15 is 0 Å². The van der Waals surface area contributed by atoms with Crippen molar-refractivity contribution in [2.24, 2.45) is 0 Å². The fourth-order valence-corrected chi connectivity index (χ4v) is 2.30. The molecule has 19 heavy (non-hydrogen) atoms. The predicted octanol–water partition coefficient (Wildman–Crippen LogP) is 2.42. The minimum atomic E-state index is -0.859. The number of nitrogens with zero attached hydrogens (tertiary/aromatic N) is 1. The van der Waals surface area contributed by atoms with Gasteiger partial charge in [-0.2, -0.15) is 0 Å². The fourth-order valence-electron chi connectivity index (χ4n) is 2.30. The van der Waals surface area contributed by atoms with E-state index in [1.165, 1.54) is 0 Å². The number of aliphatic hydroxyl groups is 1. The van der Waals surface area contributed by atoms with Crippen LogP contribution in [0.3, 0.4) is 0 Å². The second-order valence-electron chi connectivity index (χ2n) is 5.04. The van der Waals surface area contributed by atoms with Gasteiger partial charge in [0.25, 0.3) is 0 Å². The van der Waals surface area contributed by atoms with E-state index in [0.717, 1.165) is 18.4 Å². The van der Waals surface area contributed by atoms with E-state index in [1.807, 2.05) is 26.0 Å². The SMILES string of the molecule is CCCC(O)(CCC)CC(=O)NCc1cccnc1. The topological polar surface area (TPSA) is 62.2 Å². The van der Waals surface area contributed by atoms with E-state index < -0.39 is 5.60 Å². The van der Waals surface area contributed by atoms with E-state index in [0.29, 0.717) is 19.4 Å². The third kappa shape index (κ3) is 5.83. The van der Waals surface area contributed by atoms with Crippen LogP contribution in [0.4, 0.5) is 0 Å². The summed E-state index contributed by atoms with van der Waals surface area (Å²) < 4.78 is 0. The first-order chi connectivity index (χ1) is 9.09. The van der Waals surface area contributed by atoms with Crippen molar-refractivity contribution in [1.82, 2.24) is 10.3 Å². The van der Waals surface area contributed by atoms with Gasteiger partial charge in [-0.25, -0.2) is 0 Å². The molecule has 1 aromatic heterocycles. The second-order valence-corrected chi connectivity index (χ2v) is 5.04. The molecule has 0 aliphatic carbocycles. The molecule has 4 nitrogen and oxygen atoms in total. The molecule has 0 fully saturated rings. The maximum Gasteiger partial charge on any atom is 0.223 e. The molecule has 0 aromatic carbocycles. The van der Waals surface area contributed by atoms with Crippen molar-refractivity contribution in [3.8, 4) is 0 Å². The molecule has 0 saturated carbocycles. The molecular formula is C15H24N2O2. The van der Waals surface area contributed by atoms with Crippen molar-refractivity contribution in [3.05, 3.63) is 30.1 Å². The summed E-state index contributed by atoms with van der Waals surface area (Å²) in [6.07, 6.45) is 6.70. The van der Waals surface area contributed by atoms with Gasteiger partial charge in [-0.3, -0.25) is 9.78 Å². The van der Waals surface area contributed by atoms with Gasteiger partial charge in [0.1, 0.15) is 0 Å². The summed E-state index contributed by atoms with van der Waals surface area (Å²) in [6.45, 7) is 4.50. The Bertz CT molecular complexity index is 373. The Kier molecular flexibility index (Phi) is 6.50. The predicted molar refractivity (Wildman–Crippen MR) is 75.5 cm³/mol. The van der Waals surface area contributed by atoms with Crippen LogP contribution in [-0.4, -0.2) is 21.6 Å². The van der Waals surface area contributed by atoms with Crippen molar-refractivity contribution in [3.63, 3.8) is 0 Å². The van der Waals surface area contributed by atoms with Gasteiger partial charge in [0, 0.05) is 18.9 Å². The normalized spacial score (nSPS) is 11.3. The molecule has 0 aliphatic heterocycles. The number of carbonyl (C=O) groups excluding carboxylic acids is 1. The largest absolute Gasteiger partial charge is 0.389 e. The first kappa shape index (κ1) is 15.6. The van der Waals surface area contributed by atoms with Crippen LogP contribution in [0, 0.1) is 0 Å². The lowest BCUT2D eigenvalue weighted by molar-refractivity contribution is -0.126. The number of nitrogens with one attached hydrogen (secondary N) is 1. The highest BCUT2D eigenvalue weighted by Gasteiger charge is 2.27. The van der Waals surface area contributed by atoms with E-state index in [2.05, 4.69) is 10.3 Å². The molecule has 0 spiro atoms. The standard InChI is InChI=1S/C15H24N2O2/c1-3-7-15(19,8-4-2)10-14(18)17-12-13-6-5-9-16-11-13/h5-6,9,11,19H,3-4,7-8,10,12H2,1-2H3,(H,17,18). The molecule has 1 amide bonds. The Morgan fingerprint density at radius 2 is 2.05 bits per heavy atom. The van der Waals surface area contributed by atoms with E-state index in [1.54, 1.807) is 12.4 Å². The summed E-state index contributed by atoms with van der Waals surface area (Å²) in [7, 11) is 0. The number of aromatic nitrogens is 1. The molecule has 0 radical (unpaired) electrons. The number of hydrogen-bond acceptors (Lipinski definition) is 3. The van der Waals surface area contributed by atoms with E-state index in [-0.39, 0.29) is 12.3 Å². The number of amides is 1. The monoisotopic (exact) mass is 264 g/mol. The van der Waals surface area contributed by atoms with Gasteiger partial charge in [-0.15, -0.1) is 0 Å². The molecule has 0 unspecified atom stereocenters. The Morgan fingerprint density at radius 3 is 2.58 bits per heavy atom. The van der Waals surface area contributed by atoms with Crippen LogP contribution >= 0.6 is 0 Å². The molecule has 2 N–H and O–H groups in total. The Hall–Kier alpha value is -1.42. The van der Waals surface area contributed by atoms with Crippen LogP contribution < -0.4 is 5.32 Å². The van der Waals surface area contributed by atoms with Crippen molar-refractivity contribution >= 4 is 5.91 Å². The van der Waals surface area contributed by atoms with Crippen LogP contribution in [0.1, 0.15) is 51.5 Å². The summed E-state index contributed by atoms with van der Waals surface area (Å²) in [6, 6.07) is 3.75. The van der Waals surface area contributed by atoms with Gasteiger partial charge in [-0.1, -0.05) is 32.8 Å². The van der Waals surface area contributed by atoms with Gasteiger partial charge in [0.2, 0.25) is 5.91 Å². The molecule has 1 rings (SSSR count). The van der Waals surface area contributed by atoms with Crippen molar-refractivity contribution in [2.75, 3.05) is 0 Å². The highest BCUT2D eigenvalue weighted by atomic mass is 16.3. The molecule has 4 heteroatoms. The molecular weight excluding hydrogens is 240 g/mol. The quantitative estimate of drug-likeness (QED) is 0.758.